The number of aliphatic hydroxyl groups is 1. The quantitative estimate of drug-likeness (QED) is 0.569. The number of hydrogen-bond donors (Lipinski definition) is 1. The highest BCUT2D eigenvalue weighted by Crippen LogP contribution is 2.32. The van der Waals surface area contributed by atoms with Crippen molar-refractivity contribution >= 4 is 11.8 Å². The summed E-state index contributed by atoms with van der Waals surface area (Å²) < 4.78 is 0. The number of piperidine rings is 1. The molecule has 2 rings (SSSR count). The summed E-state index contributed by atoms with van der Waals surface area (Å²) in [5, 5.41) is 9.77. The Morgan fingerprint density at radius 1 is 1.27 bits per heavy atom. The predicted octanol–water partition coefficient (Wildman–Crippen LogP) is 0.272. The first kappa shape index (κ1) is 7.90. The standard InChI is InChI=1S/C8H15NOS/c1-9-2-6-4-11-5-7(3-9)8(6)10/h6-8,10H,2-5H2,1H3. The lowest BCUT2D eigenvalue weighted by atomic mass is 9.88. The molecular formula is C8H15NOS. The Morgan fingerprint density at radius 2 is 1.82 bits per heavy atom. The van der Waals surface area contributed by atoms with Crippen molar-refractivity contribution in [2.24, 2.45) is 11.8 Å². The first-order valence-electron chi connectivity index (χ1n) is 4.21. The monoisotopic (exact) mass is 173 g/mol. The normalized spacial score (nSPS) is 45.8. The van der Waals surface area contributed by atoms with Crippen LogP contribution in [-0.4, -0.2) is 47.8 Å². The predicted molar refractivity (Wildman–Crippen MR) is 47.8 cm³/mol. The summed E-state index contributed by atoms with van der Waals surface area (Å²) in [5.41, 5.74) is 0. The molecule has 2 aliphatic heterocycles. The molecule has 0 amide bonds. The minimum atomic E-state index is -0.00699. The van der Waals surface area contributed by atoms with E-state index in [2.05, 4.69) is 11.9 Å². The highest BCUT2D eigenvalue weighted by Gasteiger charge is 2.37. The van der Waals surface area contributed by atoms with Crippen LogP contribution in [0.2, 0.25) is 0 Å². The van der Waals surface area contributed by atoms with Crippen LogP contribution in [0.15, 0.2) is 0 Å². The maximum atomic E-state index is 9.77. The zero-order valence-electron chi connectivity index (χ0n) is 6.86. The van der Waals surface area contributed by atoms with Gasteiger partial charge >= 0.3 is 0 Å². The van der Waals surface area contributed by atoms with Crippen LogP contribution in [0.3, 0.4) is 0 Å². The van der Waals surface area contributed by atoms with Crippen LogP contribution in [0.5, 0.6) is 0 Å². The average Bonchev–Trinajstić information content (AvgIpc) is 1.92. The molecule has 2 unspecified atom stereocenters. The highest BCUT2D eigenvalue weighted by atomic mass is 32.2. The fraction of sp³-hybridized carbons (Fsp3) is 1.00. The molecule has 0 spiro atoms. The van der Waals surface area contributed by atoms with E-state index in [1.807, 2.05) is 11.8 Å². The van der Waals surface area contributed by atoms with Gasteiger partial charge in [-0.3, -0.25) is 0 Å². The molecular weight excluding hydrogens is 158 g/mol. The van der Waals surface area contributed by atoms with E-state index < -0.39 is 0 Å². The lowest BCUT2D eigenvalue weighted by Crippen LogP contribution is -2.51. The van der Waals surface area contributed by atoms with Crippen LogP contribution in [0, 0.1) is 11.8 Å². The summed E-state index contributed by atoms with van der Waals surface area (Å²) in [5.74, 6) is 3.39. The minimum absolute atomic E-state index is 0.00699. The largest absolute Gasteiger partial charge is 0.392 e. The van der Waals surface area contributed by atoms with Gasteiger partial charge in [-0.25, -0.2) is 0 Å². The summed E-state index contributed by atoms with van der Waals surface area (Å²) in [6.07, 6.45) is -0.00699. The van der Waals surface area contributed by atoms with E-state index >= 15 is 0 Å². The average molecular weight is 173 g/mol. The number of thioether (sulfide) groups is 1. The molecule has 2 aliphatic rings. The number of nitrogens with zero attached hydrogens (tertiary/aromatic N) is 1. The fourth-order valence-electron chi connectivity index (χ4n) is 2.15. The number of aliphatic hydroxyl groups excluding tert-OH is 1. The van der Waals surface area contributed by atoms with Gasteiger partial charge in [0.2, 0.25) is 0 Å². The third kappa shape index (κ3) is 1.42. The van der Waals surface area contributed by atoms with Gasteiger partial charge in [-0.1, -0.05) is 0 Å². The zero-order valence-corrected chi connectivity index (χ0v) is 7.68. The molecule has 2 atom stereocenters. The first-order chi connectivity index (χ1) is 5.27. The molecule has 2 heterocycles. The summed E-state index contributed by atoms with van der Waals surface area (Å²) >= 11 is 2.01. The van der Waals surface area contributed by atoms with Crippen molar-refractivity contribution in [2.75, 3.05) is 31.6 Å². The molecule has 64 valence electrons. The molecule has 0 aromatic heterocycles. The molecule has 1 N–H and O–H groups in total. The van der Waals surface area contributed by atoms with Crippen molar-refractivity contribution in [3.8, 4) is 0 Å². The van der Waals surface area contributed by atoms with Crippen LogP contribution in [0.4, 0.5) is 0 Å². The minimum Gasteiger partial charge on any atom is -0.392 e. The molecule has 2 nitrogen and oxygen atoms in total. The Bertz CT molecular complexity index is 139. The summed E-state index contributed by atoms with van der Waals surface area (Å²) in [4.78, 5) is 2.35. The Hall–Kier alpha value is 0.270. The number of rotatable bonds is 0. The first-order valence-corrected chi connectivity index (χ1v) is 5.37. The molecule has 0 aliphatic carbocycles. The number of hydrogen-bond acceptors (Lipinski definition) is 3. The van der Waals surface area contributed by atoms with Gasteiger partial charge in [0.15, 0.2) is 0 Å². The van der Waals surface area contributed by atoms with E-state index in [-0.39, 0.29) is 6.10 Å². The molecule has 2 bridgehead atoms. The Balaban J connectivity index is 2.07. The highest BCUT2D eigenvalue weighted by molar-refractivity contribution is 7.99. The summed E-state index contributed by atoms with van der Waals surface area (Å²) in [6.45, 7) is 2.18. The van der Waals surface area contributed by atoms with Crippen LogP contribution < -0.4 is 0 Å². The smallest absolute Gasteiger partial charge is 0.0636 e. The SMILES string of the molecule is CN1CC2CSCC(C1)C2O. The van der Waals surface area contributed by atoms with E-state index in [9.17, 15) is 5.11 Å². The number of fused-ring (bicyclic) bond motifs is 2. The van der Waals surface area contributed by atoms with E-state index in [1.54, 1.807) is 0 Å². The lowest BCUT2D eigenvalue weighted by molar-refractivity contribution is 0.000534. The topological polar surface area (TPSA) is 23.5 Å². The Kier molecular flexibility index (Phi) is 2.12. The summed E-state index contributed by atoms with van der Waals surface area (Å²) in [6, 6.07) is 0. The van der Waals surface area contributed by atoms with Crippen molar-refractivity contribution in [1.82, 2.24) is 4.90 Å². The number of likely N-dealkylation sites (tertiary alicyclic amines) is 1. The second-order valence-electron chi connectivity index (χ2n) is 3.77. The molecule has 3 heteroatoms. The van der Waals surface area contributed by atoms with E-state index in [0.717, 1.165) is 24.6 Å². The van der Waals surface area contributed by atoms with Gasteiger partial charge in [0, 0.05) is 24.9 Å². The van der Waals surface area contributed by atoms with Gasteiger partial charge in [0.1, 0.15) is 0 Å². The lowest BCUT2D eigenvalue weighted by Gasteiger charge is -2.43. The third-order valence-corrected chi connectivity index (χ3v) is 4.05. The van der Waals surface area contributed by atoms with Crippen LogP contribution in [0.1, 0.15) is 0 Å². The van der Waals surface area contributed by atoms with Crippen molar-refractivity contribution in [1.29, 1.82) is 0 Å². The van der Waals surface area contributed by atoms with Crippen molar-refractivity contribution in [3.63, 3.8) is 0 Å². The Morgan fingerprint density at radius 3 is 2.36 bits per heavy atom. The van der Waals surface area contributed by atoms with Crippen molar-refractivity contribution < 1.29 is 5.11 Å². The molecule has 0 saturated carbocycles. The molecule has 2 fully saturated rings. The van der Waals surface area contributed by atoms with Crippen LogP contribution in [-0.2, 0) is 0 Å². The van der Waals surface area contributed by atoms with Gasteiger partial charge in [-0.2, -0.15) is 11.8 Å². The second kappa shape index (κ2) is 2.96. The van der Waals surface area contributed by atoms with Gasteiger partial charge in [0.25, 0.3) is 0 Å². The van der Waals surface area contributed by atoms with Crippen molar-refractivity contribution in [3.05, 3.63) is 0 Å². The van der Waals surface area contributed by atoms with Crippen LogP contribution >= 0.6 is 11.8 Å². The third-order valence-electron chi connectivity index (χ3n) is 2.72. The molecule has 11 heavy (non-hydrogen) atoms. The van der Waals surface area contributed by atoms with Gasteiger partial charge in [0.05, 0.1) is 6.10 Å². The maximum Gasteiger partial charge on any atom is 0.0636 e. The molecule has 0 aromatic carbocycles. The Labute approximate surface area is 72.0 Å². The van der Waals surface area contributed by atoms with Gasteiger partial charge in [-0.15, -0.1) is 0 Å². The summed E-state index contributed by atoms with van der Waals surface area (Å²) in [7, 11) is 2.15. The maximum absolute atomic E-state index is 9.77. The van der Waals surface area contributed by atoms with Crippen LogP contribution in [0.25, 0.3) is 0 Å². The van der Waals surface area contributed by atoms with E-state index in [4.69, 9.17) is 0 Å². The van der Waals surface area contributed by atoms with Crippen molar-refractivity contribution in [2.45, 2.75) is 6.10 Å². The van der Waals surface area contributed by atoms with Gasteiger partial charge in [-0.05, 0) is 18.6 Å². The van der Waals surface area contributed by atoms with E-state index in [0.29, 0.717) is 11.8 Å². The molecule has 0 aromatic rings. The second-order valence-corrected chi connectivity index (χ2v) is 4.84. The molecule has 2 saturated heterocycles. The zero-order chi connectivity index (χ0) is 7.84. The molecule has 0 radical (unpaired) electrons. The van der Waals surface area contributed by atoms with E-state index in [1.165, 1.54) is 0 Å². The fourth-order valence-corrected chi connectivity index (χ4v) is 3.50. The van der Waals surface area contributed by atoms with Gasteiger partial charge < -0.3 is 10.0 Å².